The molecule has 9 nitrogen and oxygen atoms in total. The predicted molar refractivity (Wildman–Crippen MR) is 116 cm³/mol. The van der Waals surface area contributed by atoms with E-state index < -0.39 is 27.1 Å². The van der Waals surface area contributed by atoms with E-state index in [1.807, 2.05) is 0 Å². The predicted octanol–water partition coefficient (Wildman–Crippen LogP) is 2.88. The summed E-state index contributed by atoms with van der Waals surface area (Å²) in [5.41, 5.74) is 2.32. The molecule has 2 heterocycles. The van der Waals surface area contributed by atoms with Gasteiger partial charge in [0.25, 0.3) is 5.91 Å². The van der Waals surface area contributed by atoms with Gasteiger partial charge in [-0.1, -0.05) is 0 Å². The summed E-state index contributed by atoms with van der Waals surface area (Å²) in [5, 5.41) is 6.52. The number of pyridine rings is 1. The number of carbonyl (C=O) groups excluding carboxylic acids is 1. The Hall–Kier alpha value is -3.70. The van der Waals surface area contributed by atoms with Gasteiger partial charge in [-0.25, -0.2) is 14.1 Å². The molecule has 2 N–H and O–H groups in total. The van der Waals surface area contributed by atoms with Crippen LogP contribution >= 0.6 is 0 Å². The zero-order valence-electron chi connectivity index (χ0n) is 17.2. The number of hydrogen-bond acceptors (Lipinski definition) is 6. The van der Waals surface area contributed by atoms with Crippen molar-refractivity contribution < 1.29 is 22.2 Å². The molecule has 0 unspecified atom stereocenters. The number of rotatable bonds is 7. The van der Waals surface area contributed by atoms with Crippen LogP contribution in [0.5, 0.6) is 0 Å². The minimum Gasteiger partial charge on any atom is -0.345 e. The summed E-state index contributed by atoms with van der Waals surface area (Å²) >= 11 is 0. The van der Waals surface area contributed by atoms with E-state index in [0.717, 1.165) is 0 Å². The van der Waals surface area contributed by atoms with Gasteiger partial charge in [0.2, 0.25) is 0 Å². The van der Waals surface area contributed by atoms with Crippen LogP contribution in [0.1, 0.15) is 29.8 Å². The quantitative estimate of drug-likeness (QED) is 0.319. The third-order valence-corrected chi connectivity index (χ3v) is 5.46. The number of hydrogen-bond donors (Lipinski definition) is 2. The molecule has 166 valence electrons. The molecule has 0 aliphatic rings. The molecule has 0 aliphatic heterocycles. The summed E-state index contributed by atoms with van der Waals surface area (Å²) in [7, 11) is -4.48. The molecule has 0 spiro atoms. The molecule has 0 saturated heterocycles. The summed E-state index contributed by atoms with van der Waals surface area (Å²) in [5.74, 6) is -0.881. The van der Waals surface area contributed by atoms with Crippen molar-refractivity contribution in [3.8, 4) is 5.69 Å². The highest BCUT2D eigenvalue weighted by Crippen LogP contribution is 2.24. The average Bonchev–Trinajstić information content (AvgIpc) is 3.13. The van der Waals surface area contributed by atoms with Crippen molar-refractivity contribution in [2.24, 2.45) is 4.99 Å². The van der Waals surface area contributed by atoms with Crippen molar-refractivity contribution in [2.75, 3.05) is 0 Å². The second kappa shape index (κ2) is 9.20. The summed E-state index contributed by atoms with van der Waals surface area (Å²) < 4.78 is 46.6. The maximum Gasteiger partial charge on any atom is 0.312 e. The van der Waals surface area contributed by atoms with Gasteiger partial charge in [0.05, 0.1) is 23.5 Å². The number of halogens is 1. The molecule has 1 amide bonds. The van der Waals surface area contributed by atoms with Crippen LogP contribution in [0.15, 0.2) is 65.0 Å². The molecule has 1 aromatic carbocycles. The van der Waals surface area contributed by atoms with Crippen LogP contribution in [0.4, 0.5) is 4.39 Å². The lowest BCUT2D eigenvalue weighted by Gasteiger charge is -2.16. The number of nitrogens with zero attached hydrogens (tertiary/aromatic N) is 4. The van der Waals surface area contributed by atoms with Crippen molar-refractivity contribution in [3.05, 3.63) is 77.6 Å². The fourth-order valence-corrected chi connectivity index (χ4v) is 3.53. The Kier molecular flexibility index (Phi) is 6.61. The van der Waals surface area contributed by atoms with Crippen LogP contribution in [0.2, 0.25) is 0 Å². The lowest BCUT2D eigenvalue weighted by atomic mass is 10.1. The molecule has 0 radical (unpaired) electrons. The highest BCUT2D eigenvalue weighted by atomic mass is 32.2. The van der Waals surface area contributed by atoms with Crippen LogP contribution in [-0.2, 0) is 14.9 Å². The van der Waals surface area contributed by atoms with Gasteiger partial charge in [-0.3, -0.25) is 14.3 Å². The largest absolute Gasteiger partial charge is 0.345 e. The zero-order valence-corrected chi connectivity index (χ0v) is 18.0. The van der Waals surface area contributed by atoms with Crippen LogP contribution in [0.3, 0.4) is 0 Å². The molecule has 0 saturated carbocycles. The molecule has 3 rings (SSSR count). The number of aliphatic imine (C=N–C) groups is 1. The molecule has 1 atom stereocenters. The van der Waals surface area contributed by atoms with Crippen molar-refractivity contribution in [1.29, 1.82) is 0 Å². The summed E-state index contributed by atoms with van der Waals surface area (Å²) in [6, 6.07) is 7.82. The van der Waals surface area contributed by atoms with E-state index in [1.54, 1.807) is 30.7 Å². The van der Waals surface area contributed by atoms with Gasteiger partial charge in [-0.2, -0.15) is 13.5 Å². The summed E-state index contributed by atoms with van der Waals surface area (Å²) in [6.07, 6.45) is 4.00. The molecule has 3 aromatic rings. The first-order chi connectivity index (χ1) is 15.1. The SMILES string of the molecule is C=N/C=C(/C(=O)N[C@@H](C)c1ccnc(S(=O)(=O)O)c1)c1cnn(-c2ccc(F)cc2)c1C. The zero-order chi connectivity index (χ0) is 23.5. The molecule has 0 aliphatic carbocycles. The van der Waals surface area contributed by atoms with Gasteiger partial charge in [0.1, 0.15) is 5.82 Å². The molecule has 11 heteroatoms. The van der Waals surface area contributed by atoms with E-state index in [4.69, 9.17) is 0 Å². The molecule has 32 heavy (non-hydrogen) atoms. The van der Waals surface area contributed by atoms with E-state index in [1.165, 1.54) is 42.9 Å². The standard InChI is InChI=1S/C21H20FN5O4S/c1-13(15-8-9-24-20(10-15)32(29,30)31)26-21(28)19(11-23-3)18-12-25-27(14(18)2)17-6-4-16(22)5-7-17/h4-13H,3H2,1-2H3,(H,26,28)(H,29,30,31)/b19-11+/t13-/m0/s1. The van der Waals surface area contributed by atoms with E-state index >= 15 is 0 Å². The number of nitrogens with one attached hydrogen (secondary N) is 1. The molecule has 0 bridgehead atoms. The Morgan fingerprint density at radius 1 is 1.31 bits per heavy atom. The topological polar surface area (TPSA) is 127 Å². The van der Waals surface area contributed by atoms with Crippen molar-refractivity contribution in [1.82, 2.24) is 20.1 Å². The Labute approximate surface area is 184 Å². The third kappa shape index (κ3) is 4.95. The van der Waals surface area contributed by atoms with Crippen molar-refractivity contribution in [3.63, 3.8) is 0 Å². The van der Waals surface area contributed by atoms with E-state index in [0.29, 0.717) is 22.5 Å². The third-order valence-electron chi connectivity index (χ3n) is 4.71. The maximum atomic E-state index is 13.2. The van der Waals surface area contributed by atoms with Gasteiger partial charge in [-0.05, 0) is 62.5 Å². The molecular weight excluding hydrogens is 437 g/mol. The Balaban J connectivity index is 1.88. The molecular formula is C21H20FN5O4S. The average molecular weight is 457 g/mol. The normalized spacial score (nSPS) is 12.9. The lowest BCUT2D eigenvalue weighted by molar-refractivity contribution is -0.116. The van der Waals surface area contributed by atoms with Crippen LogP contribution < -0.4 is 5.32 Å². The smallest absolute Gasteiger partial charge is 0.312 e. The molecule has 0 fully saturated rings. The van der Waals surface area contributed by atoms with Gasteiger partial charge < -0.3 is 5.32 Å². The van der Waals surface area contributed by atoms with Crippen molar-refractivity contribution in [2.45, 2.75) is 24.9 Å². The fraction of sp³-hybridized carbons (Fsp3) is 0.143. The number of carbonyl (C=O) groups is 1. The Morgan fingerprint density at radius 2 is 2.00 bits per heavy atom. The van der Waals surface area contributed by atoms with E-state index in [2.05, 4.69) is 27.1 Å². The number of aromatic nitrogens is 3. The second-order valence-corrected chi connectivity index (χ2v) is 8.22. The van der Waals surface area contributed by atoms with E-state index in [-0.39, 0.29) is 11.4 Å². The lowest BCUT2D eigenvalue weighted by Crippen LogP contribution is -2.27. The fourth-order valence-electron chi connectivity index (χ4n) is 3.05. The highest BCUT2D eigenvalue weighted by Gasteiger charge is 2.21. The highest BCUT2D eigenvalue weighted by molar-refractivity contribution is 7.85. The minimum absolute atomic E-state index is 0.182. The van der Waals surface area contributed by atoms with E-state index in [9.17, 15) is 22.2 Å². The van der Waals surface area contributed by atoms with Crippen LogP contribution in [-0.4, -0.2) is 40.4 Å². The minimum atomic E-state index is -4.48. The summed E-state index contributed by atoms with van der Waals surface area (Å²) in [4.78, 5) is 20.3. The second-order valence-electron chi connectivity index (χ2n) is 6.85. The monoisotopic (exact) mass is 457 g/mol. The number of benzene rings is 1. The van der Waals surface area contributed by atoms with Crippen molar-refractivity contribution >= 4 is 28.3 Å². The number of amides is 1. The van der Waals surface area contributed by atoms with Gasteiger partial charge in [-0.15, -0.1) is 0 Å². The Morgan fingerprint density at radius 3 is 2.62 bits per heavy atom. The first-order valence-corrected chi connectivity index (χ1v) is 10.8. The summed E-state index contributed by atoms with van der Waals surface area (Å²) in [6.45, 7) is 6.81. The van der Waals surface area contributed by atoms with Gasteiger partial charge >= 0.3 is 10.1 Å². The molecule has 2 aromatic heterocycles. The Bertz CT molecular complexity index is 1300. The van der Waals surface area contributed by atoms with Crippen LogP contribution in [0.25, 0.3) is 11.3 Å². The van der Waals surface area contributed by atoms with Gasteiger partial charge in [0, 0.05) is 23.7 Å². The first kappa shape index (κ1) is 23.0. The first-order valence-electron chi connectivity index (χ1n) is 9.33. The maximum absolute atomic E-state index is 13.2. The van der Waals surface area contributed by atoms with Crippen LogP contribution in [0, 0.1) is 12.7 Å². The van der Waals surface area contributed by atoms with Gasteiger partial charge in [0.15, 0.2) is 5.03 Å².